The maximum Gasteiger partial charge on any atom is 0.426 e. The van der Waals surface area contributed by atoms with Crippen molar-refractivity contribution in [1.29, 1.82) is 0 Å². The standard InChI is InChI=1S/C12H12F6O2/c13-11(14,15)10(20,12(16,17)18)5-9(19)8-4-6-1-2-7(8)3-6/h1-2,6-8,20H,3-5H2. The highest BCUT2D eigenvalue weighted by Gasteiger charge is 2.71. The molecule has 0 amide bonds. The summed E-state index contributed by atoms with van der Waals surface area (Å²) >= 11 is 0. The molecule has 2 bridgehead atoms. The SMILES string of the molecule is O=C(CC(O)(C(F)(F)F)C(F)(F)F)C1CC2C=CC1C2. The number of Topliss-reactive ketones (excluding diaryl/α,β-unsaturated/α-hetero) is 1. The second kappa shape index (κ2) is 4.47. The Labute approximate surface area is 110 Å². The third-order valence-corrected chi connectivity index (χ3v) is 4.06. The Morgan fingerprint density at radius 1 is 1.05 bits per heavy atom. The highest BCUT2D eigenvalue weighted by Crippen LogP contribution is 2.49. The van der Waals surface area contributed by atoms with Crippen LogP contribution in [0, 0.1) is 17.8 Å². The van der Waals surface area contributed by atoms with Gasteiger partial charge in [-0.15, -0.1) is 0 Å². The van der Waals surface area contributed by atoms with E-state index in [1.54, 1.807) is 6.08 Å². The van der Waals surface area contributed by atoms with Crippen LogP contribution in [0.25, 0.3) is 0 Å². The summed E-state index contributed by atoms with van der Waals surface area (Å²) in [7, 11) is 0. The predicted molar refractivity (Wildman–Crippen MR) is 55.5 cm³/mol. The van der Waals surface area contributed by atoms with E-state index in [-0.39, 0.29) is 18.3 Å². The number of hydrogen-bond donors (Lipinski definition) is 1. The molecule has 3 atom stereocenters. The molecule has 0 aromatic rings. The fraction of sp³-hybridized carbons (Fsp3) is 0.750. The Kier molecular flexibility index (Phi) is 3.43. The second-order valence-electron chi connectivity index (χ2n) is 5.39. The van der Waals surface area contributed by atoms with Crippen molar-refractivity contribution < 1.29 is 36.2 Å². The number of alkyl halides is 6. The van der Waals surface area contributed by atoms with Crippen molar-refractivity contribution in [2.75, 3.05) is 0 Å². The molecule has 2 aliphatic carbocycles. The summed E-state index contributed by atoms with van der Waals surface area (Å²) in [5.41, 5.74) is -4.97. The third kappa shape index (κ3) is 2.34. The molecule has 2 rings (SSSR count). The van der Waals surface area contributed by atoms with Crippen LogP contribution in [-0.2, 0) is 4.79 Å². The van der Waals surface area contributed by atoms with Gasteiger partial charge in [-0.1, -0.05) is 12.2 Å². The number of rotatable bonds is 3. The van der Waals surface area contributed by atoms with Crippen molar-refractivity contribution in [3.05, 3.63) is 12.2 Å². The Balaban J connectivity index is 2.17. The van der Waals surface area contributed by atoms with Gasteiger partial charge in [-0.05, 0) is 24.7 Å². The molecule has 8 heteroatoms. The van der Waals surface area contributed by atoms with Gasteiger partial charge in [-0.25, -0.2) is 0 Å². The van der Waals surface area contributed by atoms with Gasteiger partial charge in [0.2, 0.25) is 0 Å². The zero-order valence-electron chi connectivity index (χ0n) is 10.1. The van der Waals surface area contributed by atoms with Gasteiger partial charge in [0, 0.05) is 5.92 Å². The molecule has 20 heavy (non-hydrogen) atoms. The Morgan fingerprint density at radius 3 is 1.95 bits per heavy atom. The van der Waals surface area contributed by atoms with E-state index < -0.39 is 36.1 Å². The second-order valence-corrected chi connectivity index (χ2v) is 5.39. The molecule has 0 spiro atoms. The molecule has 1 saturated carbocycles. The van der Waals surface area contributed by atoms with E-state index in [9.17, 15) is 31.1 Å². The molecule has 114 valence electrons. The van der Waals surface area contributed by atoms with Crippen LogP contribution in [-0.4, -0.2) is 28.8 Å². The lowest BCUT2D eigenvalue weighted by atomic mass is 9.83. The number of hydrogen-bond acceptors (Lipinski definition) is 2. The molecule has 1 fully saturated rings. The van der Waals surface area contributed by atoms with Crippen LogP contribution in [0.3, 0.4) is 0 Å². The molecular formula is C12H12F6O2. The topological polar surface area (TPSA) is 37.3 Å². The van der Waals surface area contributed by atoms with Crippen molar-refractivity contribution >= 4 is 5.78 Å². The van der Waals surface area contributed by atoms with Gasteiger partial charge in [0.15, 0.2) is 0 Å². The molecule has 0 radical (unpaired) electrons. The van der Waals surface area contributed by atoms with E-state index in [0.29, 0.717) is 6.42 Å². The van der Waals surface area contributed by atoms with Crippen molar-refractivity contribution in [2.24, 2.45) is 17.8 Å². The van der Waals surface area contributed by atoms with Gasteiger partial charge in [-0.3, -0.25) is 4.79 Å². The van der Waals surface area contributed by atoms with Crippen molar-refractivity contribution in [3.63, 3.8) is 0 Å². The molecule has 0 saturated heterocycles. The van der Waals surface area contributed by atoms with Crippen LogP contribution in [0.15, 0.2) is 12.2 Å². The first kappa shape index (κ1) is 15.3. The van der Waals surface area contributed by atoms with E-state index in [4.69, 9.17) is 5.11 Å². The summed E-state index contributed by atoms with van der Waals surface area (Å²) in [5, 5.41) is 9.00. The summed E-state index contributed by atoms with van der Waals surface area (Å²) in [6, 6.07) is 0. The van der Waals surface area contributed by atoms with Crippen LogP contribution in [0.4, 0.5) is 26.3 Å². The van der Waals surface area contributed by atoms with Crippen LogP contribution in [0.2, 0.25) is 0 Å². The molecular weight excluding hydrogens is 290 g/mol. The lowest BCUT2D eigenvalue weighted by Crippen LogP contribution is -2.58. The molecule has 3 unspecified atom stereocenters. The maximum absolute atomic E-state index is 12.5. The summed E-state index contributed by atoms with van der Waals surface area (Å²) in [6.45, 7) is 0. The number of carbonyl (C=O) groups is 1. The van der Waals surface area contributed by atoms with Crippen LogP contribution >= 0.6 is 0 Å². The average Bonchev–Trinajstić information content (AvgIpc) is 2.87. The smallest absolute Gasteiger partial charge is 0.373 e. The largest absolute Gasteiger partial charge is 0.426 e. The van der Waals surface area contributed by atoms with Gasteiger partial charge < -0.3 is 5.11 Å². The summed E-state index contributed by atoms with van der Waals surface area (Å²) in [4.78, 5) is 11.8. The van der Waals surface area contributed by atoms with Gasteiger partial charge in [0.05, 0.1) is 6.42 Å². The van der Waals surface area contributed by atoms with Crippen LogP contribution < -0.4 is 0 Å². The highest BCUT2D eigenvalue weighted by atomic mass is 19.4. The summed E-state index contributed by atoms with van der Waals surface area (Å²) < 4.78 is 75.0. The molecule has 0 heterocycles. The van der Waals surface area contributed by atoms with Crippen molar-refractivity contribution in [1.82, 2.24) is 0 Å². The fourth-order valence-corrected chi connectivity index (χ4v) is 2.90. The van der Waals surface area contributed by atoms with E-state index in [1.165, 1.54) is 0 Å². The van der Waals surface area contributed by atoms with E-state index in [1.807, 2.05) is 6.08 Å². The number of carbonyl (C=O) groups excluding carboxylic acids is 1. The quantitative estimate of drug-likeness (QED) is 0.643. The fourth-order valence-electron chi connectivity index (χ4n) is 2.90. The predicted octanol–water partition coefficient (Wildman–Crippen LogP) is 3.01. The minimum Gasteiger partial charge on any atom is -0.373 e. The van der Waals surface area contributed by atoms with E-state index in [0.717, 1.165) is 0 Å². The van der Waals surface area contributed by atoms with E-state index in [2.05, 4.69) is 0 Å². The molecule has 0 aromatic heterocycles. The minimum absolute atomic E-state index is 0.0406. The van der Waals surface area contributed by atoms with Gasteiger partial charge in [0.25, 0.3) is 5.60 Å². The molecule has 0 aliphatic heterocycles. The first-order valence-electron chi connectivity index (χ1n) is 6.02. The molecule has 1 N–H and O–H groups in total. The van der Waals surface area contributed by atoms with Gasteiger partial charge in [0.1, 0.15) is 5.78 Å². The molecule has 2 nitrogen and oxygen atoms in total. The number of fused-ring (bicyclic) bond motifs is 2. The van der Waals surface area contributed by atoms with Crippen molar-refractivity contribution in [2.45, 2.75) is 37.2 Å². The molecule has 2 aliphatic rings. The zero-order valence-corrected chi connectivity index (χ0v) is 10.1. The number of halogens is 6. The zero-order chi connectivity index (χ0) is 15.3. The summed E-state index contributed by atoms with van der Waals surface area (Å²) in [5.74, 6) is -2.31. The summed E-state index contributed by atoms with van der Waals surface area (Å²) in [6.07, 6.45) is -9.55. The monoisotopic (exact) mass is 302 g/mol. The van der Waals surface area contributed by atoms with Crippen LogP contribution in [0.1, 0.15) is 19.3 Å². The number of allylic oxidation sites excluding steroid dienone is 2. The average molecular weight is 302 g/mol. The normalized spacial score (nSPS) is 30.1. The highest BCUT2D eigenvalue weighted by molar-refractivity contribution is 5.83. The minimum atomic E-state index is -5.94. The van der Waals surface area contributed by atoms with Crippen molar-refractivity contribution in [3.8, 4) is 0 Å². The molecule has 0 aromatic carbocycles. The van der Waals surface area contributed by atoms with E-state index >= 15 is 0 Å². The number of ketones is 1. The number of aliphatic hydroxyl groups is 1. The third-order valence-electron chi connectivity index (χ3n) is 4.06. The van der Waals surface area contributed by atoms with Crippen LogP contribution in [0.5, 0.6) is 0 Å². The Hall–Kier alpha value is -1.05. The Bertz CT molecular complexity index is 422. The maximum atomic E-state index is 12.5. The van der Waals surface area contributed by atoms with Gasteiger partial charge >= 0.3 is 12.4 Å². The van der Waals surface area contributed by atoms with Gasteiger partial charge in [-0.2, -0.15) is 26.3 Å². The first-order valence-corrected chi connectivity index (χ1v) is 6.02. The lowest BCUT2D eigenvalue weighted by Gasteiger charge is -2.33. The Morgan fingerprint density at radius 2 is 1.60 bits per heavy atom. The lowest BCUT2D eigenvalue weighted by molar-refractivity contribution is -0.367. The first-order chi connectivity index (χ1) is 8.96.